The quantitative estimate of drug-likeness (QED) is 0.311. The maximum Gasteiger partial charge on any atom is 0.168 e. The Kier molecular flexibility index (Phi) is 3.33. The summed E-state index contributed by atoms with van der Waals surface area (Å²) in [5.74, 6) is 0. The molecule has 0 saturated heterocycles. The molecule has 1 rings (SSSR count). The van der Waals surface area contributed by atoms with Crippen molar-refractivity contribution < 1.29 is 0 Å². The number of rotatable bonds is 3. The summed E-state index contributed by atoms with van der Waals surface area (Å²) in [5.41, 5.74) is 0. The van der Waals surface area contributed by atoms with Crippen LogP contribution in [0.2, 0.25) is 0 Å². The zero-order valence-electron chi connectivity index (χ0n) is 6.02. The van der Waals surface area contributed by atoms with Crippen molar-refractivity contribution in [2.75, 3.05) is 5.08 Å². The molecule has 0 radical (unpaired) electrons. The van der Waals surface area contributed by atoms with Crippen LogP contribution in [0.5, 0.6) is 0 Å². The molecule has 5 heteroatoms. The van der Waals surface area contributed by atoms with E-state index in [1.807, 2.05) is 23.2 Å². The molecule has 3 nitrogen and oxygen atoms in total. The maximum absolute atomic E-state index is 8.24. The number of aromatic nitrogens is 2. The second-order valence-electron chi connectivity index (χ2n) is 1.82. The molecule has 0 bridgehead atoms. The summed E-state index contributed by atoms with van der Waals surface area (Å²) in [6, 6.07) is 0. The van der Waals surface area contributed by atoms with E-state index in [2.05, 4.69) is 4.98 Å². The normalized spacial score (nSPS) is 9.45. The molecule has 11 heavy (non-hydrogen) atoms. The number of thioether (sulfide) groups is 2. The molecule has 0 aliphatic heterocycles. The number of nitriles is 1. The summed E-state index contributed by atoms with van der Waals surface area (Å²) < 4.78 is 1.93. The van der Waals surface area contributed by atoms with Crippen LogP contribution in [-0.4, -0.2) is 14.6 Å². The summed E-state index contributed by atoms with van der Waals surface area (Å²) in [6.07, 6.45) is 3.64. The third-order valence-electron chi connectivity index (χ3n) is 1.09. The molecule has 0 N–H and O–H groups in total. The van der Waals surface area contributed by atoms with Crippen LogP contribution in [0.15, 0.2) is 17.6 Å². The van der Waals surface area contributed by atoms with E-state index in [1.165, 1.54) is 11.8 Å². The molecule has 0 amide bonds. The zero-order valence-corrected chi connectivity index (χ0v) is 7.65. The monoisotopic (exact) mass is 185 g/mol. The van der Waals surface area contributed by atoms with Crippen LogP contribution in [-0.2, 0) is 7.05 Å². The second-order valence-corrected chi connectivity index (χ2v) is 3.89. The smallest absolute Gasteiger partial charge is 0.168 e. The summed E-state index contributed by atoms with van der Waals surface area (Å²) in [6.45, 7) is 0. The summed E-state index contributed by atoms with van der Waals surface area (Å²) in [5, 5.41) is 11.9. The molecule has 0 unspecified atom stereocenters. The van der Waals surface area contributed by atoms with Crippen molar-refractivity contribution in [2.45, 2.75) is 5.16 Å². The van der Waals surface area contributed by atoms with E-state index >= 15 is 0 Å². The summed E-state index contributed by atoms with van der Waals surface area (Å²) >= 11 is 2.80. The van der Waals surface area contributed by atoms with E-state index in [1.54, 1.807) is 18.0 Å². The highest BCUT2D eigenvalue weighted by Gasteiger charge is 1.97. The lowest BCUT2D eigenvalue weighted by molar-refractivity contribution is 0.791. The summed E-state index contributed by atoms with van der Waals surface area (Å²) in [4.78, 5) is 4.09. The van der Waals surface area contributed by atoms with E-state index in [-0.39, 0.29) is 0 Å². The molecule has 0 aromatic carbocycles. The van der Waals surface area contributed by atoms with Gasteiger partial charge in [-0.15, -0.1) is 0 Å². The Balaban J connectivity index is 2.40. The van der Waals surface area contributed by atoms with E-state index in [9.17, 15) is 0 Å². The first kappa shape index (κ1) is 8.50. The molecule has 0 aliphatic carbocycles. The van der Waals surface area contributed by atoms with Crippen molar-refractivity contribution in [3.8, 4) is 5.40 Å². The van der Waals surface area contributed by atoms with E-state index in [4.69, 9.17) is 5.26 Å². The Morgan fingerprint density at radius 1 is 1.82 bits per heavy atom. The molecule has 0 atom stereocenters. The van der Waals surface area contributed by atoms with Gasteiger partial charge in [0.25, 0.3) is 0 Å². The van der Waals surface area contributed by atoms with Crippen LogP contribution >= 0.6 is 23.5 Å². The number of aryl methyl sites for hydroxylation is 1. The van der Waals surface area contributed by atoms with Gasteiger partial charge in [0, 0.05) is 19.4 Å². The van der Waals surface area contributed by atoms with Gasteiger partial charge in [0.15, 0.2) is 5.16 Å². The Hall–Kier alpha value is -0.600. The molecule has 1 heterocycles. The van der Waals surface area contributed by atoms with Crippen molar-refractivity contribution >= 4 is 23.5 Å². The van der Waals surface area contributed by atoms with Crippen molar-refractivity contribution in [3.63, 3.8) is 0 Å². The standard InChI is InChI=1S/C6H7N3S2/c1-9-3-2-8-6(9)11-5-10-4-7/h2-3H,5H2,1H3. The Bertz CT molecular complexity index is 263. The van der Waals surface area contributed by atoms with Crippen molar-refractivity contribution in [3.05, 3.63) is 12.4 Å². The SMILES string of the molecule is Cn1ccnc1SCSC#N. The Labute approximate surface area is 73.8 Å². The first-order valence-corrected chi connectivity index (χ1v) is 4.92. The lowest BCUT2D eigenvalue weighted by Crippen LogP contribution is -1.87. The van der Waals surface area contributed by atoms with E-state index in [0.29, 0.717) is 0 Å². The number of thiocyanates is 1. The van der Waals surface area contributed by atoms with Gasteiger partial charge in [-0.3, -0.25) is 0 Å². The highest BCUT2D eigenvalue weighted by atomic mass is 32.2. The maximum atomic E-state index is 8.24. The first-order chi connectivity index (χ1) is 5.34. The fraction of sp³-hybridized carbons (Fsp3) is 0.333. The first-order valence-electron chi connectivity index (χ1n) is 2.95. The number of hydrogen-bond acceptors (Lipinski definition) is 4. The van der Waals surface area contributed by atoms with Crippen LogP contribution in [0.4, 0.5) is 0 Å². The van der Waals surface area contributed by atoms with Gasteiger partial charge >= 0.3 is 0 Å². The predicted molar refractivity (Wildman–Crippen MR) is 47.1 cm³/mol. The molecule has 0 aliphatic rings. The minimum Gasteiger partial charge on any atom is -0.329 e. The van der Waals surface area contributed by atoms with Crippen molar-refractivity contribution in [2.24, 2.45) is 7.05 Å². The predicted octanol–water partition coefficient (Wildman–Crippen LogP) is 1.68. The largest absolute Gasteiger partial charge is 0.329 e. The fourth-order valence-corrected chi connectivity index (χ4v) is 1.87. The molecule has 0 saturated carbocycles. The zero-order chi connectivity index (χ0) is 8.10. The van der Waals surface area contributed by atoms with Gasteiger partial charge in [0.2, 0.25) is 0 Å². The third-order valence-corrected chi connectivity index (χ3v) is 2.81. The van der Waals surface area contributed by atoms with Crippen LogP contribution in [0.25, 0.3) is 0 Å². The molecule has 1 aromatic heterocycles. The van der Waals surface area contributed by atoms with Gasteiger partial charge < -0.3 is 4.57 Å². The Morgan fingerprint density at radius 3 is 3.18 bits per heavy atom. The van der Waals surface area contributed by atoms with Crippen LogP contribution in [0, 0.1) is 10.7 Å². The molecule has 0 fully saturated rings. The van der Waals surface area contributed by atoms with Crippen molar-refractivity contribution in [1.82, 2.24) is 9.55 Å². The van der Waals surface area contributed by atoms with Gasteiger partial charge in [-0.25, -0.2) is 4.98 Å². The minimum absolute atomic E-state index is 0.737. The molecule has 1 aromatic rings. The lowest BCUT2D eigenvalue weighted by atomic mass is 10.9. The van der Waals surface area contributed by atoms with Gasteiger partial charge in [0.05, 0.1) is 5.08 Å². The molecule has 58 valence electrons. The fourth-order valence-electron chi connectivity index (χ4n) is 0.600. The van der Waals surface area contributed by atoms with Gasteiger partial charge in [-0.1, -0.05) is 11.8 Å². The van der Waals surface area contributed by atoms with Crippen LogP contribution in [0.3, 0.4) is 0 Å². The molecular weight excluding hydrogens is 178 g/mol. The lowest BCUT2D eigenvalue weighted by Gasteiger charge is -1.96. The Morgan fingerprint density at radius 2 is 2.64 bits per heavy atom. The van der Waals surface area contributed by atoms with Crippen LogP contribution < -0.4 is 0 Å². The second kappa shape index (κ2) is 4.31. The van der Waals surface area contributed by atoms with Gasteiger partial charge in [-0.2, -0.15) is 5.26 Å². The van der Waals surface area contributed by atoms with E-state index < -0.39 is 0 Å². The number of nitrogens with zero attached hydrogens (tertiary/aromatic N) is 3. The van der Waals surface area contributed by atoms with Gasteiger partial charge in [0.1, 0.15) is 5.40 Å². The average Bonchev–Trinajstić information content (AvgIpc) is 2.37. The minimum atomic E-state index is 0.737. The highest BCUT2D eigenvalue weighted by Crippen LogP contribution is 2.18. The van der Waals surface area contributed by atoms with Crippen LogP contribution in [0.1, 0.15) is 0 Å². The topological polar surface area (TPSA) is 41.6 Å². The third kappa shape index (κ3) is 2.48. The highest BCUT2D eigenvalue weighted by molar-refractivity contribution is 8.18. The van der Waals surface area contributed by atoms with Crippen molar-refractivity contribution in [1.29, 1.82) is 5.26 Å². The number of imidazole rings is 1. The summed E-state index contributed by atoms with van der Waals surface area (Å²) in [7, 11) is 1.94. The molecular formula is C6H7N3S2. The average molecular weight is 185 g/mol. The van der Waals surface area contributed by atoms with E-state index in [0.717, 1.165) is 10.2 Å². The van der Waals surface area contributed by atoms with Gasteiger partial charge in [-0.05, 0) is 11.8 Å². The molecule has 0 spiro atoms. The number of hydrogen-bond donors (Lipinski definition) is 0.